The fourth-order valence-corrected chi connectivity index (χ4v) is 2.95. The Labute approximate surface area is 94.6 Å². The van der Waals surface area contributed by atoms with Gasteiger partial charge in [-0.15, -0.1) is 0 Å². The molecular weight excluding hydrogens is 184 g/mol. The molecule has 2 unspecified atom stereocenters. The molecule has 1 rings (SSSR count). The third-order valence-electron chi connectivity index (χ3n) is 3.33. The van der Waals surface area contributed by atoms with Gasteiger partial charge in [-0.05, 0) is 36.0 Å². The van der Waals surface area contributed by atoms with E-state index in [2.05, 4.69) is 40.7 Å². The van der Waals surface area contributed by atoms with Gasteiger partial charge in [-0.25, -0.2) is 0 Å². The molecule has 0 bridgehead atoms. The number of aliphatic hydroxyl groups excluding tert-OH is 1. The van der Waals surface area contributed by atoms with Crippen LogP contribution in [-0.2, 0) is 0 Å². The topological polar surface area (TPSA) is 20.2 Å². The van der Waals surface area contributed by atoms with Crippen LogP contribution in [0.2, 0.25) is 0 Å². The molecule has 0 aromatic rings. The normalized spacial score (nSPS) is 28.1. The summed E-state index contributed by atoms with van der Waals surface area (Å²) in [5, 5.41) is 9.44. The highest BCUT2D eigenvalue weighted by Crippen LogP contribution is 2.42. The number of aliphatic hydroxyl groups is 1. The van der Waals surface area contributed by atoms with Crippen molar-refractivity contribution in [2.24, 2.45) is 16.7 Å². The quantitative estimate of drug-likeness (QED) is 0.688. The van der Waals surface area contributed by atoms with Crippen molar-refractivity contribution >= 4 is 0 Å². The maximum Gasteiger partial charge on any atom is 0.0721 e. The smallest absolute Gasteiger partial charge is 0.0721 e. The molecule has 0 saturated carbocycles. The van der Waals surface area contributed by atoms with E-state index >= 15 is 0 Å². The lowest BCUT2D eigenvalue weighted by atomic mass is 9.66. The highest BCUT2D eigenvalue weighted by atomic mass is 16.3. The third-order valence-corrected chi connectivity index (χ3v) is 3.33. The van der Waals surface area contributed by atoms with Gasteiger partial charge < -0.3 is 5.11 Å². The van der Waals surface area contributed by atoms with Crippen LogP contribution in [-0.4, -0.2) is 11.2 Å². The van der Waals surface area contributed by atoms with Crippen molar-refractivity contribution in [2.75, 3.05) is 0 Å². The Morgan fingerprint density at radius 2 is 1.67 bits per heavy atom. The van der Waals surface area contributed by atoms with E-state index in [1.807, 2.05) is 6.08 Å². The molecule has 0 aliphatic heterocycles. The van der Waals surface area contributed by atoms with Gasteiger partial charge in [0.15, 0.2) is 0 Å². The monoisotopic (exact) mass is 210 g/mol. The second-order valence-corrected chi connectivity index (χ2v) is 6.86. The van der Waals surface area contributed by atoms with Crippen LogP contribution >= 0.6 is 0 Å². The fraction of sp³-hybridized carbons (Fsp3) is 0.857. The molecular formula is C14H26O. The second-order valence-electron chi connectivity index (χ2n) is 6.86. The van der Waals surface area contributed by atoms with Crippen molar-refractivity contribution in [1.29, 1.82) is 0 Å². The van der Waals surface area contributed by atoms with E-state index in [0.29, 0.717) is 16.7 Å². The maximum atomic E-state index is 9.44. The zero-order chi connectivity index (χ0) is 11.7. The predicted molar refractivity (Wildman–Crippen MR) is 65.7 cm³/mol. The molecule has 1 N–H and O–H groups in total. The third kappa shape index (κ3) is 3.98. The molecule has 0 fully saturated rings. The maximum absolute atomic E-state index is 9.44. The molecule has 0 heterocycles. The van der Waals surface area contributed by atoms with E-state index in [1.165, 1.54) is 6.42 Å². The van der Waals surface area contributed by atoms with E-state index in [1.54, 1.807) is 0 Å². The summed E-state index contributed by atoms with van der Waals surface area (Å²) in [6.45, 7) is 11.6. The van der Waals surface area contributed by atoms with Crippen molar-refractivity contribution in [3.05, 3.63) is 12.2 Å². The van der Waals surface area contributed by atoms with Gasteiger partial charge in [-0.1, -0.05) is 46.8 Å². The van der Waals surface area contributed by atoms with Crippen LogP contribution in [0.4, 0.5) is 0 Å². The van der Waals surface area contributed by atoms with Crippen LogP contribution in [0.1, 0.15) is 53.9 Å². The lowest BCUT2D eigenvalue weighted by molar-refractivity contribution is 0.122. The van der Waals surface area contributed by atoms with Crippen molar-refractivity contribution in [1.82, 2.24) is 0 Å². The number of rotatable bonds is 2. The summed E-state index contributed by atoms with van der Waals surface area (Å²) in [6.07, 6.45) is 7.27. The average molecular weight is 210 g/mol. The first kappa shape index (κ1) is 12.8. The molecule has 0 aromatic carbocycles. The Kier molecular flexibility index (Phi) is 3.65. The molecule has 1 nitrogen and oxygen atoms in total. The van der Waals surface area contributed by atoms with E-state index in [-0.39, 0.29) is 6.10 Å². The molecule has 15 heavy (non-hydrogen) atoms. The number of hydrogen-bond donors (Lipinski definition) is 1. The van der Waals surface area contributed by atoms with Gasteiger partial charge >= 0.3 is 0 Å². The van der Waals surface area contributed by atoms with Gasteiger partial charge in [0.25, 0.3) is 0 Å². The summed E-state index contributed by atoms with van der Waals surface area (Å²) in [5.74, 6) is 0.625. The molecule has 1 aliphatic rings. The zero-order valence-electron chi connectivity index (χ0n) is 10.9. The predicted octanol–water partition coefficient (Wildman–Crippen LogP) is 3.78. The van der Waals surface area contributed by atoms with Gasteiger partial charge in [0, 0.05) is 0 Å². The lowest BCUT2D eigenvalue weighted by Gasteiger charge is -2.39. The Balaban J connectivity index is 2.65. The number of hydrogen-bond acceptors (Lipinski definition) is 1. The van der Waals surface area contributed by atoms with Crippen LogP contribution in [0, 0.1) is 16.7 Å². The molecule has 0 radical (unpaired) electrons. The Hall–Kier alpha value is -0.300. The summed E-state index contributed by atoms with van der Waals surface area (Å²) in [4.78, 5) is 0. The molecule has 88 valence electrons. The molecule has 0 aromatic heterocycles. The molecule has 0 spiro atoms. The van der Waals surface area contributed by atoms with E-state index < -0.39 is 0 Å². The molecule has 2 atom stereocenters. The Morgan fingerprint density at radius 1 is 1.07 bits per heavy atom. The Bertz CT molecular complexity index is 232. The molecule has 1 heteroatoms. The SMILES string of the molecule is CC(C)(C)CC(C)(C)C1C=CC(O)CC1. The zero-order valence-corrected chi connectivity index (χ0v) is 10.9. The number of allylic oxidation sites excluding steroid dienone is 1. The molecule has 0 saturated heterocycles. The van der Waals surface area contributed by atoms with Gasteiger partial charge in [0.05, 0.1) is 6.10 Å². The summed E-state index contributed by atoms with van der Waals surface area (Å²) in [7, 11) is 0. The summed E-state index contributed by atoms with van der Waals surface area (Å²) < 4.78 is 0. The van der Waals surface area contributed by atoms with Crippen LogP contribution < -0.4 is 0 Å². The summed E-state index contributed by atoms with van der Waals surface area (Å²) in [5.41, 5.74) is 0.724. The minimum absolute atomic E-state index is 0.202. The van der Waals surface area contributed by atoms with Gasteiger partial charge in [-0.3, -0.25) is 0 Å². The highest BCUT2D eigenvalue weighted by molar-refractivity contribution is 5.03. The van der Waals surface area contributed by atoms with Crippen LogP contribution in [0.25, 0.3) is 0 Å². The second kappa shape index (κ2) is 4.29. The molecule has 0 amide bonds. The van der Waals surface area contributed by atoms with E-state index in [9.17, 15) is 5.11 Å². The average Bonchev–Trinajstić information content (AvgIpc) is 2.00. The van der Waals surface area contributed by atoms with Gasteiger partial charge in [0.1, 0.15) is 0 Å². The summed E-state index contributed by atoms with van der Waals surface area (Å²) in [6, 6.07) is 0. The fourth-order valence-electron chi connectivity index (χ4n) is 2.95. The van der Waals surface area contributed by atoms with Crippen molar-refractivity contribution < 1.29 is 5.11 Å². The first-order chi connectivity index (χ1) is 6.71. The van der Waals surface area contributed by atoms with E-state index in [0.717, 1.165) is 12.8 Å². The van der Waals surface area contributed by atoms with Crippen LogP contribution in [0.5, 0.6) is 0 Å². The highest BCUT2D eigenvalue weighted by Gasteiger charge is 2.33. The first-order valence-electron chi connectivity index (χ1n) is 6.07. The first-order valence-corrected chi connectivity index (χ1v) is 6.07. The van der Waals surface area contributed by atoms with Crippen LogP contribution in [0.15, 0.2) is 12.2 Å². The molecule has 1 aliphatic carbocycles. The lowest BCUT2D eigenvalue weighted by Crippen LogP contribution is -2.30. The van der Waals surface area contributed by atoms with Gasteiger partial charge in [0.2, 0.25) is 0 Å². The largest absolute Gasteiger partial charge is 0.389 e. The standard InChI is InChI=1S/C14H26O/c1-13(2,3)10-14(4,5)11-6-8-12(15)9-7-11/h6,8,11-12,15H,7,9-10H2,1-5H3. The van der Waals surface area contributed by atoms with Crippen LogP contribution in [0.3, 0.4) is 0 Å². The Morgan fingerprint density at radius 3 is 2.07 bits per heavy atom. The van der Waals surface area contributed by atoms with E-state index in [4.69, 9.17) is 0 Å². The minimum atomic E-state index is -0.202. The van der Waals surface area contributed by atoms with Crippen molar-refractivity contribution in [2.45, 2.75) is 60.0 Å². The van der Waals surface area contributed by atoms with Gasteiger partial charge in [-0.2, -0.15) is 0 Å². The summed E-state index contributed by atoms with van der Waals surface area (Å²) >= 11 is 0. The minimum Gasteiger partial charge on any atom is -0.389 e. The van der Waals surface area contributed by atoms with Crippen molar-refractivity contribution in [3.63, 3.8) is 0 Å². The van der Waals surface area contributed by atoms with Crippen molar-refractivity contribution in [3.8, 4) is 0 Å².